The highest BCUT2D eigenvalue weighted by Crippen LogP contribution is 2.64. The maximum Gasteiger partial charge on any atom is 0.136 e. The number of hydrogen-bond acceptors (Lipinski definition) is 4. The van der Waals surface area contributed by atoms with Crippen molar-refractivity contribution in [3.63, 3.8) is 0 Å². The van der Waals surface area contributed by atoms with Crippen molar-refractivity contribution in [2.45, 2.75) is 24.4 Å². The first-order chi connectivity index (χ1) is 26.1. The smallest absolute Gasteiger partial charge is 0.136 e. The lowest BCUT2D eigenvalue weighted by Crippen LogP contribution is -2.51. The standard InChI is InChI=1S/C49H34N2O2/c1-48-31-33(26-27-47(48)49(41-22-10-12-25-45(41)53-48)39-20-8-5-17-34(39)35-18-6-9-21-40(35)49)51(32-15-3-2-4-16-32)43-29-37-36-19-7-11-24-44(36)52-46(37)30-38(43)42-23-13-14-28-50-42/h2-30H,31H2,1H3. The molecule has 11 rings (SSSR count). The SMILES string of the molecule is CC12CC(N(c3ccccc3)c3cc4c(cc3-c3ccccn3)oc3ccccc34)=CC=C1C1(c3ccccc3O2)c2ccccc2-c2ccccc21. The second-order valence-corrected chi connectivity index (χ2v) is 14.4. The molecule has 2 aliphatic carbocycles. The van der Waals surface area contributed by atoms with Crippen LogP contribution in [0.4, 0.5) is 11.4 Å². The van der Waals surface area contributed by atoms with E-state index in [0.29, 0.717) is 6.42 Å². The second kappa shape index (κ2) is 11.2. The first-order valence-electron chi connectivity index (χ1n) is 18.3. The fraction of sp³-hybridized carbons (Fsp3) is 0.0816. The molecule has 1 unspecified atom stereocenters. The summed E-state index contributed by atoms with van der Waals surface area (Å²) in [4.78, 5) is 7.26. The van der Waals surface area contributed by atoms with Crippen LogP contribution in [-0.2, 0) is 5.41 Å². The Hall–Kier alpha value is -6.65. The maximum absolute atomic E-state index is 7.26. The van der Waals surface area contributed by atoms with Crippen LogP contribution in [0, 0.1) is 0 Å². The Morgan fingerprint density at radius 1 is 0.585 bits per heavy atom. The molecule has 1 spiro atoms. The number of anilines is 2. The van der Waals surface area contributed by atoms with Crippen LogP contribution in [-0.4, -0.2) is 10.6 Å². The van der Waals surface area contributed by atoms with Crippen molar-refractivity contribution in [3.05, 3.63) is 204 Å². The van der Waals surface area contributed by atoms with E-state index in [1.165, 1.54) is 33.4 Å². The van der Waals surface area contributed by atoms with Crippen LogP contribution in [0.3, 0.4) is 0 Å². The molecule has 3 aliphatic rings. The highest BCUT2D eigenvalue weighted by atomic mass is 16.5. The van der Waals surface area contributed by atoms with Crippen LogP contribution in [0.2, 0.25) is 0 Å². The van der Waals surface area contributed by atoms with Crippen molar-refractivity contribution in [1.82, 2.24) is 4.98 Å². The number of para-hydroxylation sites is 3. The van der Waals surface area contributed by atoms with E-state index in [-0.39, 0.29) is 0 Å². The zero-order valence-corrected chi connectivity index (χ0v) is 29.2. The summed E-state index contributed by atoms with van der Waals surface area (Å²) in [6.45, 7) is 2.28. The Kier molecular flexibility index (Phi) is 6.33. The Labute approximate surface area is 307 Å². The minimum Gasteiger partial charge on any atom is -0.482 e. The van der Waals surface area contributed by atoms with Gasteiger partial charge in [-0.1, -0.05) is 115 Å². The van der Waals surface area contributed by atoms with Crippen molar-refractivity contribution in [1.29, 1.82) is 0 Å². The fourth-order valence-corrected chi connectivity index (χ4v) is 9.40. The first-order valence-corrected chi connectivity index (χ1v) is 18.3. The lowest BCUT2D eigenvalue weighted by molar-refractivity contribution is 0.0986. The number of ether oxygens (including phenoxy) is 1. The monoisotopic (exact) mass is 682 g/mol. The molecule has 0 radical (unpaired) electrons. The van der Waals surface area contributed by atoms with Gasteiger partial charge in [0.25, 0.3) is 0 Å². The van der Waals surface area contributed by atoms with Crippen LogP contribution in [0.15, 0.2) is 192 Å². The first kappa shape index (κ1) is 30.0. The minimum atomic E-state index is -0.673. The molecule has 4 heteroatoms. The summed E-state index contributed by atoms with van der Waals surface area (Å²) in [7, 11) is 0. The number of hydrogen-bond donors (Lipinski definition) is 0. The zero-order chi connectivity index (χ0) is 35.1. The Morgan fingerprint density at radius 2 is 1.26 bits per heavy atom. The number of aromatic nitrogens is 1. The van der Waals surface area contributed by atoms with Crippen molar-refractivity contribution in [2.75, 3.05) is 4.90 Å². The molecule has 0 amide bonds. The number of nitrogens with zero attached hydrogens (tertiary/aromatic N) is 2. The average Bonchev–Trinajstić information content (AvgIpc) is 3.72. The largest absolute Gasteiger partial charge is 0.482 e. The third-order valence-electron chi connectivity index (χ3n) is 11.5. The van der Waals surface area contributed by atoms with Gasteiger partial charge < -0.3 is 14.1 Å². The van der Waals surface area contributed by atoms with Crippen molar-refractivity contribution in [2.24, 2.45) is 0 Å². The van der Waals surface area contributed by atoms with E-state index in [1.807, 2.05) is 30.5 Å². The van der Waals surface area contributed by atoms with Gasteiger partial charge in [0.1, 0.15) is 22.5 Å². The molecular weight excluding hydrogens is 649 g/mol. The number of allylic oxidation sites excluding steroid dienone is 2. The molecule has 2 aromatic heterocycles. The topological polar surface area (TPSA) is 38.5 Å². The third kappa shape index (κ3) is 4.21. The van der Waals surface area contributed by atoms with E-state index >= 15 is 0 Å². The normalized spacial score (nSPS) is 17.7. The molecule has 1 aliphatic heterocycles. The number of benzene rings is 6. The molecule has 3 heterocycles. The van der Waals surface area contributed by atoms with Gasteiger partial charge in [-0.15, -0.1) is 0 Å². The Morgan fingerprint density at radius 3 is 2.04 bits per heavy atom. The highest BCUT2D eigenvalue weighted by molar-refractivity contribution is 6.09. The summed E-state index contributed by atoms with van der Waals surface area (Å²) >= 11 is 0. The van der Waals surface area contributed by atoms with Crippen molar-refractivity contribution in [3.8, 4) is 28.1 Å². The van der Waals surface area contributed by atoms with Gasteiger partial charge >= 0.3 is 0 Å². The van der Waals surface area contributed by atoms with E-state index in [4.69, 9.17) is 14.1 Å². The summed E-state index contributed by atoms with van der Waals surface area (Å²) in [6, 6.07) is 55.9. The van der Waals surface area contributed by atoms with Crippen LogP contribution < -0.4 is 9.64 Å². The molecule has 1 atom stereocenters. The number of pyridine rings is 1. The van der Waals surface area contributed by atoms with Gasteiger partial charge in [0.15, 0.2) is 0 Å². The highest BCUT2D eigenvalue weighted by Gasteiger charge is 2.58. The summed E-state index contributed by atoms with van der Waals surface area (Å²) in [5.41, 5.74) is 13.2. The predicted molar refractivity (Wildman–Crippen MR) is 214 cm³/mol. The summed E-state index contributed by atoms with van der Waals surface area (Å²) in [6.07, 6.45) is 7.18. The van der Waals surface area contributed by atoms with E-state index in [1.54, 1.807) is 0 Å². The van der Waals surface area contributed by atoms with Gasteiger partial charge in [-0.25, -0.2) is 0 Å². The molecular formula is C49H34N2O2. The van der Waals surface area contributed by atoms with Crippen molar-refractivity contribution >= 4 is 33.3 Å². The molecule has 0 N–H and O–H groups in total. The van der Waals surface area contributed by atoms with Crippen LogP contribution >= 0.6 is 0 Å². The van der Waals surface area contributed by atoms with E-state index in [9.17, 15) is 0 Å². The van der Waals surface area contributed by atoms with Gasteiger partial charge in [0, 0.05) is 45.9 Å². The maximum atomic E-state index is 7.26. The molecule has 0 bridgehead atoms. The quantitative estimate of drug-likeness (QED) is 0.185. The van der Waals surface area contributed by atoms with Crippen LogP contribution in [0.5, 0.6) is 5.75 Å². The lowest BCUT2D eigenvalue weighted by atomic mass is 9.59. The van der Waals surface area contributed by atoms with Crippen LogP contribution in [0.1, 0.15) is 30.0 Å². The Bertz CT molecular complexity index is 2770. The number of rotatable bonds is 4. The summed E-state index contributed by atoms with van der Waals surface area (Å²) in [5.74, 6) is 0.923. The molecule has 252 valence electrons. The molecule has 0 saturated heterocycles. The minimum absolute atomic E-state index is 0.496. The molecule has 4 nitrogen and oxygen atoms in total. The second-order valence-electron chi connectivity index (χ2n) is 14.4. The number of furan rings is 1. The third-order valence-corrected chi connectivity index (χ3v) is 11.5. The lowest BCUT2D eigenvalue weighted by Gasteiger charge is -2.51. The fourth-order valence-electron chi connectivity index (χ4n) is 9.40. The molecule has 8 aromatic rings. The molecule has 0 saturated carbocycles. The average molecular weight is 683 g/mol. The molecule has 0 fully saturated rings. The van der Waals surface area contributed by atoms with Gasteiger partial charge in [-0.3, -0.25) is 4.98 Å². The van der Waals surface area contributed by atoms with Gasteiger partial charge in [0.2, 0.25) is 0 Å². The van der Waals surface area contributed by atoms with Gasteiger partial charge in [0.05, 0.1) is 16.8 Å². The zero-order valence-electron chi connectivity index (χ0n) is 29.2. The van der Waals surface area contributed by atoms with Crippen molar-refractivity contribution < 1.29 is 9.15 Å². The van der Waals surface area contributed by atoms with E-state index in [0.717, 1.165) is 56.0 Å². The van der Waals surface area contributed by atoms with E-state index in [2.05, 4.69) is 157 Å². The molecule has 53 heavy (non-hydrogen) atoms. The predicted octanol–water partition coefficient (Wildman–Crippen LogP) is 12.2. The van der Waals surface area contributed by atoms with Gasteiger partial charge in [-0.05, 0) is 89.4 Å². The Balaban J connectivity index is 1.19. The number of fused-ring (bicyclic) bond motifs is 12. The summed E-state index contributed by atoms with van der Waals surface area (Å²) < 4.78 is 13.7. The van der Waals surface area contributed by atoms with Crippen LogP contribution in [0.25, 0.3) is 44.3 Å². The van der Waals surface area contributed by atoms with E-state index < -0.39 is 11.0 Å². The molecule has 6 aromatic carbocycles. The summed E-state index contributed by atoms with van der Waals surface area (Å²) in [5, 5.41) is 2.15. The van der Waals surface area contributed by atoms with Gasteiger partial charge in [-0.2, -0.15) is 0 Å².